The van der Waals surface area contributed by atoms with E-state index in [1.165, 1.54) is 12.1 Å². The largest absolute Gasteiger partial charge is 0.493 e. The Morgan fingerprint density at radius 2 is 1.74 bits per heavy atom. The summed E-state index contributed by atoms with van der Waals surface area (Å²) in [5.41, 5.74) is -0.0411. The molecular formula is C15H21F3O. The van der Waals surface area contributed by atoms with Crippen LogP contribution in [0.1, 0.15) is 45.2 Å². The first-order valence-electron chi connectivity index (χ1n) is 6.46. The topological polar surface area (TPSA) is 9.23 Å². The number of benzene rings is 1. The highest BCUT2D eigenvalue weighted by molar-refractivity contribution is 5.39. The lowest BCUT2D eigenvalue weighted by molar-refractivity contribution is -0.139. The zero-order valence-corrected chi connectivity index (χ0v) is 11.9. The summed E-state index contributed by atoms with van der Waals surface area (Å²) in [6.45, 7) is 8.16. The Labute approximate surface area is 112 Å². The van der Waals surface area contributed by atoms with Crippen molar-refractivity contribution in [1.29, 1.82) is 0 Å². The van der Waals surface area contributed by atoms with E-state index in [1.807, 2.05) is 27.7 Å². The smallest absolute Gasteiger partial charge is 0.419 e. The highest BCUT2D eigenvalue weighted by Crippen LogP contribution is 2.37. The van der Waals surface area contributed by atoms with Crippen molar-refractivity contribution >= 4 is 0 Å². The molecule has 1 aromatic carbocycles. The third-order valence-corrected chi connectivity index (χ3v) is 2.55. The highest BCUT2D eigenvalue weighted by atomic mass is 19.4. The molecule has 0 unspecified atom stereocenters. The van der Waals surface area contributed by atoms with Crippen molar-refractivity contribution in [1.82, 2.24) is 0 Å². The summed E-state index contributed by atoms with van der Waals surface area (Å²) in [5.74, 6) is -0.0768. The first-order valence-corrected chi connectivity index (χ1v) is 6.46. The monoisotopic (exact) mass is 274 g/mol. The molecule has 1 aromatic rings. The van der Waals surface area contributed by atoms with Gasteiger partial charge in [0, 0.05) is 0 Å². The minimum absolute atomic E-state index is 0.0470. The van der Waals surface area contributed by atoms with Crippen molar-refractivity contribution < 1.29 is 17.9 Å². The molecule has 0 fully saturated rings. The molecule has 0 aromatic heterocycles. The van der Waals surface area contributed by atoms with Crippen LogP contribution in [-0.2, 0) is 12.6 Å². The van der Waals surface area contributed by atoms with E-state index in [-0.39, 0.29) is 11.2 Å². The van der Waals surface area contributed by atoms with Crippen molar-refractivity contribution in [2.24, 2.45) is 5.41 Å². The molecule has 0 N–H and O–H groups in total. The van der Waals surface area contributed by atoms with Gasteiger partial charge in [-0.25, -0.2) is 0 Å². The van der Waals surface area contributed by atoms with Gasteiger partial charge >= 0.3 is 6.18 Å². The van der Waals surface area contributed by atoms with Gasteiger partial charge in [0.05, 0.1) is 12.2 Å². The minimum atomic E-state index is -4.38. The zero-order valence-electron chi connectivity index (χ0n) is 11.9. The molecule has 0 saturated heterocycles. The van der Waals surface area contributed by atoms with Crippen molar-refractivity contribution in [2.75, 3.05) is 6.61 Å². The fourth-order valence-electron chi connectivity index (χ4n) is 1.86. The van der Waals surface area contributed by atoms with Crippen LogP contribution in [0.2, 0.25) is 0 Å². The Bertz CT molecular complexity index is 416. The fraction of sp³-hybridized carbons (Fsp3) is 0.600. The van der Waals surface area contributed by atoms with Gasteiger partial charge in [-0.3, -0.25) is 0 Å². The van der Waals surface area contributed by atoms with E-state index >= 15 is 0 Å². The number of alkyl halides is 3. The van der Waals surface area contributed by atoms with Crippen LogP contribution in [0, 0.1) is 5.41 Å². The molecule has 0 aliphatic rings. The van der Waals surface area contributed by atoms with E-state index in [2.05, 4.69) is 0 Å². The summed E-state index contributed by atoms with van der Waals surface area (Å²) in [5, 5.41) is 0. The second kappa shape index (κ2) is 5.85. The molecule has 0 radical (unpaired) electrons. The SMILES string of the molecule is CCCOc1ccc(CC(C)(C)C)cc1C(F)(F)F. The number of rotatable bonds is 4. The number of hydrogen-bond donors (Lipinski definition) is 0. The zero-order chi connectivity index (χ0) is 14.7. The van der Waals surface area contributed by atoms with Crippen LogP contribution < -0.4 is 4.74 Å². The van der Waals surface area contributed by atoms with E-state index in [4.69, 9.17) is 4.74 Å². The maximum Gasteiger partial charge on any atom is 0.419 e. The Hall–Kier alpha value is -1.19. The van der Waals surface area contributed by atoms with Gasteiger partial charge < -0.3 is 4.74 Å². The Morgan fingerprint density at radius 1 is 1.11 bits per heavy atom. The van der Waals surface area contributed by atoms with E-state index in [1.54, 1.807) is 6.07 Å². The Morgan fingerprint density at radius 3 is 2.21 bits per heavy atom. The first-order chi connectivity index (χ1) is 8.63. The summed E-state index contributed by atoms with van der Waals surface area (Å²) in [4.78, 5) is 0. The fourth-order valence-corrected chi connectivity index (χ4v) is 1.86. The molecule has 0 heterocycles. The second-order valence-corrected chi connectivity index (χ2v) is 5.91. The van der Waals surface area contributed by atoms with Crippen LogP contribution >= 0.6 is 0 Å². The molecular weight excluding hydrogens is 253 g/mol. The van der Waals surface area contributed by atoms with Crippen molar-refractivity contribution in [2.45, 2.75) is 46.7 Å². The van der Waals surface area contributed by atoms with E-state index < -0.39 is 11.7 Å². The average Bonchev–Trinajstić information content (AvgIpc) is 2.24. The van der Waals surface area contributed by atoms with Crippen molar-refractivity contribution in [3.05, 3.63) is 29.3 Å². The lowest BCUT2D eigenvalue weighted by Gasteiger charge is -2.20. The molecule has 108 valence electrons. The summed E-state index contributed by atoms with van der Waals surface area (Å²) in [7, 11) is 0. The van der Waals surface area contributed by atoms with Gasteiger partial charge in [0.25, 0.3) is 0 Å². The van der Waals surface area contributed by atoms with Gasteiger partial charge in [-0.15, -0.1) is 0 Å². The van der Waals surface area contributed by atoms with Crippen LogP contribution in [-0.4, -0.2) is 6.61 Å². The Balaban J connectivity index is 3.08. The third-order valence-electron chi connectivity index (χ3n) is 2.55. The third kappa shape index (κ3) is 5.13. The molecule has 0 bridgehead atoms. The normalized spacial score (nSPS) is 12.6. The summed E-state index contributed by atoms with van der Waals surface area (Å²) in [6, 6.07) is 4.35. The average molecular weight is 274 g/mol. The molecule has 19 heavy (non-hydrogen) atoms. The van der Waals surface area contributed by atoms with E-state index in [0.29, 0.717) is 25.0 Å². The summed E-state index contributed by atoms with van der Waals surface area (Å²) < 4.78 is 44.2. The molecule has 0 saturated carbocycles. The van der Waals surface area contributed by atoms with Crippen molar-refractivity contribution in [3.8, 4) is 5.75 Å². The molecule has 1 nitrogen and oxygen atoms in total. The van der Waals surface area contributed by atoms with Crippen LogP contribution in [0.4, 0.5) is 13.2 Å². The molecule has 0 atom stereocenters. The predicted octanol–water partition coefficient (Wildman–Crippen LogP) is 5.08. The van der Waals surface area contributed by atoms with Gasteiger partial charge in [0.2, 0.25) is 0 Å². The van der Waals surface area contributed by atoms with Crippen molar-refractivity contribution in [3.63, 3.8) is 0 Å². The van der Waals surface area contributed by atoms with E-state index in [0.717, 1.165) is 0 Å². The standard InChI is InChI=1S/C15H21F3O/c1-5-8-19-13-7-6-11(10-14(2,3)4)9-12(13)15(16,17)18/h6-7,9H,5,8,10H2,1-4H3. The number of hydrogen-bond acceptors (Lipinski definition) is 1. The molecule has 0 aliphatic heterocycles. The maximum absolute atomic E-state index is 13.0. The van der Waals surface area contributed by atoms with Gasteiger partial charge in [-0.05, 0) is 36.0 Å². The van der Waals surface area contributed by atoms with Gasteiger partial charge in [0.1, 0.15) is 5.75 Å². The summed E-state index contributed by atoms with van der Waals surface area (Å²) >= 11 is 0. The van der Waals surface area contributed by atoms with Crippen LogP contribution in [0.25, 0.3) is 0 Å². The molecule has 0 spiro atoms. The minimum Gasteiger partial charge on any atom is -0.493 e. The lowest BCUT2D eigenvalue weighted by Crippen LogP contribution is -2.13. The van der Waals surface area contributed by atoms with Gasteiger partial charge in [-0.2, -0.15) is 13.2 Å². The summed E-state index contributed by atoms with van der Waals surface area (Å²) in [6.07, 6.45) is -3.10. The van der Waals surface area contributed by atoms with Crippen LogP contribution in [0.5, 0.6) is 5.75 Å². The Kier molecular flexibility index (Phi) is 4.88. The molecule has 0 amide bonds. The number of halogens is 3. The quantitative estimate of drug-likeness (QED) is 0.743. The molecule has 1 rings (SSSR count). The maximum atomic E-state index is 13.0. The lowest BCUT2D eigenvalue weighted by atomic mass is 9.87. The second-order valence-electron chi connectivity index (χ2n) is 5.91. The highest BCUT2D eigenvalue weighted by Gasteiger charge is 2.34. The molecule has 0 aliphatic carbocycles. The number of ether oxygens (including phenoxy) is 1. The van der Waals surface area contributed by atoms with Gasteiger partial charge in [-0.1, -0.05) is 33.8 Å². The van der Waals surface area contributed by atoms with Crippen LogP contribution in [0.15, 0.2) is 18.2 Å². The molecule has 4 heteroatoms. The van der Waals surface area contributed by atoms with Crippen LogP contribution in [0.3, 0.4) is 0 Å². The predicted molar refractivity (Wildman–Crippen MR) is 70.4 cm³/mol. The van der Waals surface area contributed by atoms with Gasteiger partial charge in [0.15, 0.2) is 0 Å². The van der Waals surface area contributed by atoms with E-state index in [9.17, 15) is 13.2 Å². The first kappa shape index (κ1) is 15.9.